The number of rotatable bonds is 2. The number of hydrogen-bond acceptors (Lipinski definition) is 2. The van der Waals surface area contributed by atoms with E-state index in [9.17, 15) is 9.59 Å². The largest absolute Gasteiger partial charge is 0.481 e. The summed E-state index contributed by atoms with van der Waals surface area (Å²) in [5.74, 6) is -0.155. The Kier molecular flexibility index (Phi) is 2.21. The number of carboxylic acid groups (broad SMARTS) is 1. The van der Waals surface area contributed by atoms with Gasteiger partial charge in [0.05, 0.1) is 5.92 Å². The molecule has 0 aromatic carbocycles. The zero-order valence-electron chi connectivity index (χ0n) is 8.19. The Morgan fingerprint density at radius 1 is 1.21 bits per heavy atom. The van der Waals surface area contributed by atoms with Crippen LogP contribution in [0.3, 0.4) is 0 Å². The fraction of sp³-hybridized carbons (Fsp3) is 0.800. The van der Waals surface area contributed by atoms with Crippen LogP contribution in [0.1, 0.15) is 26.2 Å². The Balaban J connectivity index is 1.96. The first-order chi connectivity index (χ1) is 6.58. The van der Waals surface area contributed by atoms with E-state index < -0.39 is 5.97 Å². The Bertz CT molecular complexity index is 277. The minimum absolute atomic E-state index is 0.00516. The fourth-order valence-electron chi connectivity index (χ4n) is 3.02. The molecule has 4 nitrogen and oxygen atoms in total. The molecule has 2 rings (SSSR count). The molecule has 4 atom stereocenters. The summed E-state index contributed by atoms with van der Waals surface area (Å²) < 4.78 is 0. The van der Waals surface area contributed by atoms with Gasteiger partial charge in [-0.25, -0.2) is 0 Å². The number of amides is 1. The minimum atomic E-state index is -0.668. The van der Waals surface area contributed by atoms with Crippen molar-refractivity contribution < 1.29 is 14.7 Å². The first-order valence-corrected chi connectivity index (χ1v) is 5.08. The molecule has 2 N–H and O–H groups in total. The van der Waals surface area contributed by atoms with E-state index in [1.165, 1.54) is 6.92 Å². The Morgan fingerprint density at radius 2 is 1.93 bits per heavy atom. The van der Waals surface area contributed by atoms with Gasteiger partial charge in [-0.15, -0.1) is 0 Å². The maximum atomic E-state index is 10.9. The minimum Gasteiger partial charge on any atom is -0.481 e. The highest BCUT2D eigenvalue weighted by atomic mass is 16.4. The predicted octanol–water partition coefficient (Wildman–Crippen LogP) is 0.622. The van der Waals surface area contributed by atoms with Crippen LogP contribution in [-0.2, 0) is 9.59 Å². The van der Waals surface area contributed by atoms with Crippen molar-refractivity contribution in [3.63, 3.8) is 0 Å². The van der Waals surface area contributed by atoms with E-state index in [1.807, 2.05) is 0 Å². The van der Waals surface area contributed by atoms with Crippen LogP contribution in [0.15, 0.2) is 0 Å². The van der Waals surface area contributed by atoms with Crippen LogP contribution in [0.25, 0.3) is 0 Å². The number of hydrogen-bond donors (Lipinski definition) is 2. The predicted molar refractivity (Wildman–Crippen MR) is 49.6 cm³/mol. The summed E-state index contributed by atoms with van der Waals surface area (Å²) >= 11 is 0. The monoisotopic (exact) mass is 197 g/mol. The maximum Gasteiger partial charge on any atom is 0.306 e. The van der Waals surface area contributed by atoms with Gasteiger partial charge in [0.15, 0.2) is 0 Å². The van der Waals surface area contributed by atoms with Crippen molar-refractivity contribution in [1.29, 1.82) is 0 Å². The van der Waals surface area contributed by atoms with Crippen LogP contribution in [0.2, 0.25) is 0 Å². The number of fused-ring (bicyclic) bond motifs is 2. The Hall–Kier alpha value is -1.06. The molecule has 0 aromatic heterocycles. The maximum absolute atomic E-state index is 10.9. The zero-order chi connectivity index (χ0) is 10.3. The van der Waals surface area contributed by atoms with E-state index >= 15 is 0 Å². The molecule has 0 spiro atoms. The topological polar surface area (TPSA) is 66.4 Å². The molecular formula is C10H15NO3. The van der Waals surface area contributed by atoms with Crippen molar-refractivity contribution >= 4 is 11.9 Å². The molecule has 2 aliphatic rings. The molecule has 2 saturated carbocycles. The lowest BCUT2D eigenvalue weighted by Gasteiger charge is -2.25. The normalized spacial score (nSPS) is 39.8. The van der Waals surface area contributed by atoms with Crippen molar-refractivity contribution in [2.45, 2.75) is 32.2 Å². The molecule has 14 heavy (non-hydrogen) atoms. The lowest BCUT2D eigenvalue weighted by Crippen LogP contribution is -2.39. The highest BCUT2D eigenvalue weighted by Crippen LogP contribution is 2.48. The second-order valence-corrected chi connectivity index (χ2v) is 4.48. The quantitative estimate of drug-likeness (QED) is 0.682. The van der Waals surface area contributed by atoms with Gasteiger partial charge in [-0.1, -0.05) is 0 Å². The van der Waals surface area contributed by atoms with Gasteiger partial charge in [-0.05, 0) is 31.1 Å². The summed E-state index contributed by atoms with van der Waals surface area (Å²) in [6, 6.07) is 0.230. The summed E-state index contributed by atoms with van der Waals surface area (Å²) in [5, 5.41) is 11.8. The third-order valence-corrected chi connectivity index (χ3v) is 3.56. The van der Waals surface area contributed by atoms with E-state index in [2.05, 4.69) is 5.32 Å². The van der Waals surface area contributed by atoms with E-state index in [4.69, 9.17) is 5.11 Å². The van der Waals surface area contributed by atoms with Gasteiger partial charge in [0.25, 0.3) is 0 Å². The molecule has 0 heterocycles. The van der Waals surface area contributed by atoms with Gasteiger partial charge >= 0.3 is 5.97 Å². The number of aliphatic carboxylic acids is 1. The zero-order valence-corrected chi connectivity index (χ0v) is 8.19. The molecule has 78 valence electrons. The van der Waals surface area contributed by atoms with Gasteiger partial charge in [-0.3, -0.25) is 9.59 Å². The van der Waals surface area contributed by atoms with Crippen LogP contribution in [0.5, 0.6) is 0 Å². The first kappa shape index (κ1) is 9.49. The SMILES string of the molecule is CC(=O)N[C@@H]1C[C@H]2C[C@@H]1C[C@H]2C(=O)O. The molecule has 0 aliphatic heterocycles. The molecule has 0 saturated heterocycles. The lowest BCUT2D eigenvalue weighted by atomic mass is 9.86. The van der Waals surface area contributed by atoms with E-state index in [1.54, 1.807) is 0 Å². The molecule has 1 amide bonds. The molecule has 0 aromatic rings. The van der Waals surface area contributed by atoms with Crippen molar-refractivity contribution in [3.05, 3.63) is 0 Å². The molecule has 4 heteroatoms. The van der Waals surface area contributed by atoms with Crippen molar-refractivity contribution in [2.75, 3.05) is 0 Å². The van der Waals surface area contributed by atoms with Gasteiger partial charge in [0.2, 0.25) is 5.91 Å². The lowest BCUT2D eigenvalue weighted by molar-refractivity contribution is -0.143. The van der Waals surface area contributed by atoms with Gasteiger partial charge in [-0.2, -0.15) is 0 Å². The van der Waals surface area contributed by atoms with Gasteiger partial charge in [0, 0.05) is 13.0 Å². The van der Waals surface area contributed by atoms with Crippen LogP contribution < -0.4 is 5.32 Å². The smallest absolute Gasteiger partial charge is 0.306 e. The van der Waals surface area contributed by atoms with E-state index in [-0.39, 0.29) is 23.8 Å². The van der Waals surface area contributed by atoms with Crippen molar-refractivity contribution in [3.8, 4) is 0 Å². The third-order valence-electron chi connectivity index (χ3n) is 3.56. The van der Waals surface area contributed by atoms with Crippen LogP contribution in [-0.4, -0.2) is 23.0 Å². The van der Waals surface area contributed by atoms with Gasteiger partial charge < -0.3 is 10.4 Å². The number of carboxylic acids is 1. The average Bonchev–Trinajstić information content (AvgIpc) is 2.60. The molecular weight excluding hydrogens is 182 g/mol. The van der Waals surface area contributed by atoms with Crippen molar-refractivity contribution in [1.82, 2.24) is 5.32 Å². The Morgan fingerprint density at radius 3 is 2.36 bits per heavy atom. The van der Waals surface area contributed by atoms with Crippen LogP contribution in [0, 0.1) is 17.8 Å². The summed E-state index contributed by atoms with van der Waals surface area (Å²) in [5.41, 5.74) is 0. The summed E-state index contributed by atoms with van der Waals surface area (Å²) in [7, 11) is 0. The molecule has 2 fully saturated rings. The first-order valence-electron chi connectivity index (χ1n) is 5.08. The second-order valence-electron chi connectivity index (χ2n) is 4.48. The average molecular weight is 197 g/mol. The molecule has 2 aliphatic carbocycles. The third kappa shape index (κ3) is 1.49. The number of carbonyl (C=O) groups excluding carboxylic acids is 1. The van der Waals surface area contributed by atoms with Crippen LogP contribution in [0.4, 0.5) is 0 Å². The molecule has 0 radical (unpaired) electrons. The second kappa shape index (κ2) is 3.26. The highest BCUT2D eigenvalue weighted by molar-refractivity contribution is 5.74. The van der Waals surface area contributed by atoms with E-state index in [0.717, 1.165) is 19.3 Å². The number of nitrogens with one attached hydrogen (secondary N) is 1. The molecule has 0 unspecified atom stereocenters. The highest BCUT2D eigenvalue weighted by Gasteiger charge is 2.48. The molecule has 2 bridgehead atoms. The van der Waals surface area contributed by atoms with E-state index in [0.29, 0.717) is 5.92 Å². The number of carbonyl (C=O) groups is 2. The van der Waals surface area contributed by atoms with Crippen molar-refractivity contribution in [2.24, 2.45) is 17.8 Å². The Labute approximate surface area is 82.7 Å². The van der Waals surface area contributed by atoms with Gasteiger partial charge in [0.1, 0.15) is 0 Å². The fourth-order valence-corrected chi connectivity index (χ4v) is 3.02. The standard InChI is InChI=1S/C10H15NO3/c1-5(12)11-9-4-6-2-7(9)3-8(6)10(13)14/h6-9H,2-4H2,1H3,(H,11,12)(H,13,14)/t6-,7-,8-,9-/m1/s1. The van der Waals surface area contributed by atoms with Crippen LogP contribution >= 0.6 is 0 Å². The summed E-state index contributed by atoms with van der Waals surface area (Å²) in [6.07, 6.45) is 2.56. The summed E-state index contributed by atoms with van der Waals surface area (Å²) in [4.78, 5) is 21.7. The summed E-state index contributed by atoms with van der Waals surface area (Å²) in [6.45, 7) is 1.51.